The van der Waals surface area contributed by atoms with Gasteiger partial charge in [-0.25, -0.2) is 4.79 Å². The van der Waals surface area contributed by atoms with Crippen molar-refractivity contribution in [1.82, 2.24) is 16.0 Å². The molecule has 0 aromatic heterocycles. The Labute approximate surface area is 116 Å². The third-order valence-electron chi connectivity index (χ3n) is 3.26. The molecule has 1 fully saturated rings. The third-order valence-corrected chi connectivity index (χ3v) is 3.26. The first-order chi connectivity index (χ1) is 9.56. The molecule has 6 heteroatoms. The first-order valence-corrected chi connectivity index (χ1v) is 6.49. The van der Waals surface area contributed by atoms with Gasteiger partial charge in [-0.15, -0.1) is 0 Å². The highest BCUT2D eigenvalue weighted by atomic mass is 16.2. The van der Waals surface area contributed by atoms with E-state index in [1.165, 1.54) is 0 Å². The van der Waals surface area contributed by atoms with Gasteiger partial charge in [-0.1, -0.05) is 24.3 Å². The van der Waals surface area contributed by atoms with Crippen LogP contribution < -0.4 is 16.0 Å². The fourth-order valence-corrected chi connectivity index (χ4v) is 2.03. The number of hydrogen-bond donors (Lipinski definition) is 3. The fraction of sp³-hybridized carbons (Fsp3) is 0.357. The topological polar surface area (TPSA) is 87.3 Å². The van der Waals surface area contributed by atoms with Crippen molar-refractivity contribution in [2.75, 3.05) is 0 Å². The summed E-state index contributed by atoms with van der Waals surface area (Å²) in [5.74, 6) is -0.510. The maximum absolute atomic E-state index is 11.7. The number of rotatable bonds is 5. The molecule has 0 spiro atoms. The summed E-state index contributed by atoms with van der Waals surface area (Å²) in [5, 5.41) is 7.40. The molecule has 0 radical (unpaired) electrons. The number of imide groups is 1. The molecule has 0 saturated carbocycles. The Morgan fingerprint density at radius 2 is 2.05 bits per heavy atom. The van der Waals surface area contributed by atoms with E-state index in [9.17, 15) is 14.4 Å². The summed E-state index contributed by atoms with van der Waals surface area (Å²) in [4.78, 5) is 33.9. The van der Waals surface area contributed by atoms with Crippen molar-refractivity contribution in [2.24, 2.45) is 0 Å². The second-order valence-corrected chi connectivity index (χ2v) is 4.76. The average Bonchev–Trinajstić information content (AvgIpc) is 2.74. The van der Waals surface area contributed by atoms with E-state index >= 15 is 0 Å². The van der Waals surface area contributed by atoms with Gasteiger partial charge in [0, 0.05) is 13.0 Å². The van der Waals surface area contributed by atoms with Crippen LogP contribution in [0.2, 0.25) is 0 Å². The highest BCUT2D eigenvalue weighted by Crippen LogP contribution is 2.07. The first-order valence-electron chi connectivity index (χ1n) is 6.49. The Morgan fingerprint density at radius 3 is 2.70 bits per heavy atom. The number of urea groups is 1. The number of aryl methyl sites for hydroxylation is 1. The molecule has 6 nitrogen and oxygen atoms in total. The lowest BCUT2D eigenvalue weighted by molar-refractivity contribution is -0.122. The molecule has 2 rings (SSSR count). The van der Waals surface area contributed by atoms with Crippen LogP contribution in [0, 0.1) is 6.92 Å². The first kappa shape index (κ1) is 14.0. The normalized spacial score (nSPS) is 17.6. The van der Waals surface area contributed by atoms with Crippen LogP contribution in [0.1, 0.15) is 24.0 Å². The fourth-order valence-electron chi connectivity index (χ4n) is 2.03. The van der Waals surface area contributed by atoms with Crippen LogP contribution in [0.25, 0.3) is 0 Å². The van der Waals surface area contributed by atoms with E-state index in [1.54, 1.807) is 0 Å². The molecule has 0 aliphatic carbocycles. The van der Waals surface area contributed by atoms with E-state index in [2.05, 4.69) is 16.0 Å². The van der Waals surface area contributed by atoms with Crippen molar-refractivity contribution in [3.8, 4) is 0 Å². The summed E-state index contributed by atoms with van der Waals surface area (Å²) in [6.07, 6.45) is 0.501. The molecule has 20 heavy (non-hydrogen) atoms. The number of carbonyl (C=O) groups is 3. The molecule has 1 heterocycles. The highest BCUT2D eigenvalue weighted by Gasteiger charge is 2.29. The molecule has 1 atom stereocenters. The van der Waals surface area contributed by atoms with E-state index in [1.807, 2.05) is 31.2 Å². The molecule has 1 aliphatic rings. The number of amides is 4. The lowest BCUT2D eigenvalue weighted by Gasteiger charge is -2.09. The van der Waals surface area contributed by atoms with Crippen molar-refractivity contribution in [3.05, 3.63) is 35.4 Å². The van der Waals surface area contributed by atoms with Crippen molar-refractivity contribution in [2.45, 2.75) is 32.4 Å². The zero-order chi connectivity index (χ0) is 14.5. The smallest absolute Gasteiger partial charge is 0.322 e. The lowest BCUT2D eigenvalue weighted by atomic mass is 10.1. The quantitative estimate of drug-likeness (QED) is 0.688. The number of carbonyl (C=O) groups excluding carboxylic acids is 3. The SMILES string of the molecule is Cc1ccccc1CNC(=O)CC[C@@H]1NC(=O)NC1=O. The summed E-state index contributed by atoms with van der Waals surface area (Å²) in [7, 11) is 0. The molecule has 1 aliphatic heterocycles. The Morgan fingerprint density at radius 1 is 1.30 bits per heavy atom. The minimum Gasteiger partial charge on any atom is -0.352 e. The Balaban J connectivity index is 1.75. The maximum Gasteiger partial charge on any atom is 0.322 e. The number of benzene rings is 1. The molecule has 1 aromatic rings. The monoisotopic (exact) mass is 275 g/mol. The minimum atomic E-state index is -0.605. The second-order valence-electron chi connectivity index (χ2n) is 4.76. The largest absolute Gasteiger partial charge is 0.352 e. The van der Waals surface area contributed by atoms with E-state index < -0.39 is 12.1 Å². The van der Waals surface area contributed by atoms with Crippen LogP contribution >= 0.6 is 0 Å². The van der Waals surface area contributed by atoms with Gasteiger partial charge in [0.15, 0.2) is 0 Å². The molecule has 1 aromatic carbocycles. The van der Waals surface area contributed by atoms with Crippen molar-refractivity contribution >= 4 is 17.8 Å². The van der Waals surface area contributed by atoms with E-state index in [0.717, 1.165) is 11.1 Å². The number of nitrogens with one attached hydrogen (secondary N) is 3. The molecular weight excluding hydrogens is 258 g/mol. The summed E-state index contributed by atoms with van der Waals surface area (Å²) in [5.41, 5.74) is 2.18. The standard InChI is InChI=1S/C14H17N3O3/c1-9-4-2-3-5-10(9)8-15-12(18)7-6-11-13(19)17-14(20)16-11/h2-5,11H,6-8H2,1H3,(H,15,18)(H2,16,17,19,20)/t11-/m0/s1. The Hall–Kier alpha value is -2.37. The van der Waals surface area contributed by atoms with Crippen molar-refractivity contribution < 1.29 is 14.4 Å². The predicted molar refractivity (Wildman–Crippen MR) is 72.7 cm³/mol. The molecular formula is C14H17N3O3. The van der Waals surface area contributed by atoms with Gasteiger partial charge in [0.05, 0.1) is 0 Å². The van der Waals surface area contributed by atoms with Crippen LogP contribution in [0.15, 0.2) is 24.3 Å². The van der Waals surface area contributed by atoms with Crippen LogP contribution in [0.3, 0.4) is 0 Å². The summed E-state index contributed by atoms with van der Waals surface area (Å²) in [6.45, 7) is 2.45. The van der Waals surface area contributed by atoms with E-state index in [4.69, 9.17) is 0 Å². The Kier molecular flexibility index (Phi) is 4.34. The third kappa shape index (κ3) is 3.57. The van der Waals surface area contributed by atoms with Crippen molar-refractivity contribution in [3.63, 3.8) is 0 Å². The van der Waals surface area contributed by atoms with Gasteiger partial charge in [-0.2, -0.15) is 0 Å². The second kappa shape index (κ2) is 6.18. The van der Waals surface area contributed by atoms with Crippen molar-refractivity contribution in [1.29, 1.82) is 0 Å². The van der Waals surface area contributed by atoms with E-state index in [0.29, 0.717) is 13.0 Å². The summed E-state index contributed by atoms with van der Waals surface area (Å²) >= 11 is 0. The molecule has 0 unspecified atom stereocenters. The molecule has 106 valence electrons. The van der Waals surface area contributed by atoms with Gasteiger partial charge >= 0.3 is 6.03 Å². The van der Waals surface area contributed by atoms with Gasteiger partial charge in [0.25, 0.3) is 5.91 Å². The molecule has 4 amide bonds. The van der Waals surface area contributed by atoms with Gasteiger partial charge in [-0.3, -0.25) is 14.9 Å². The van der Waals surface area contributed by atoms with Gasteiger partial charge in [0.1, 0.15) is 6.04 Å². The predicted octanol–water partition coefficient (Wildman–Crippen LogP) is 0.599. The van der Waals surface area contributed by atoms with Crippen LogP contribution in [-0.2, 0) is 16.1 Å². The van der Waals surface area contributed by atoms with Crippen LogP contribution in [-0.4, -0.2) is 23.9 Å². The minimum absolute atomic E-state index is 0.137. The molecule has 3 N–H and O–H groups in total. The Bertz CT molecular complexity index is 542. The average molecular weight is 275 g/mol. The maximum atomic E-state index is 11.7. The lowest BCUT2D eigenvalue weighted by Crippen LogP contribution is -2.31. The van der Waals surface area contributed by atoms with Gasteiger partial charge < -0.3 is 10.6 Å². The molecule has 1 saturated heterocycles. The molecule has 0 bridgehead atoms. The highest BCUT2D eigenvalue weighted by molar-refractivity contribution is 6.04. The van der Waals surface area contributed by atoms with Gasteiger partial charge in [0.2, 0.25) is 5.91 Å². The summed E-state index contributed by atoms with van der Waals surface area (Å²) in [6, 6.07) is 6.71. The van der Waals surface area contributed by atoms with Crippen LogP contribution in [0.4, 0.5) is 4.79 Å². The summed E-state index contributed by atoms with van der Waals surface area (Å²) < 4.78 is 0. The van der Waals surface area contributed by atoms with E-state index in [-0.39, 0.29) is 18.2 Å². The zero-order valence-electron chi connectivity index (χ0n) is 11.2. The number of hydrogen-bond acceptors (Lipinski definition) is 3. The van der Waals surface area contributed by atoms with Crippen LogP contribution in [0.5, 0.6) is 0 Å². The zero-order valence-corrected chi connectivity index (χ0v) is 11.2. The van der Waals surface area contributed by atoms with Gasteiger partial charge in [-0.05, 0) is 24.5 Å².